The first kappa shape index (κ1) is 29.3. The van der Waals surface area contributed by atoms with Gasteiger partial charge >= 0.3 is 0 Å². The monoisotopic (exact) mass is 548 g/mol. The number of nitrogens with zero attached hydrogens (tertiary/aromatic N) is 2. The third-order valence-electron chi connectivity index (χ3n) is 8.92. The molecule has 1 aliphatic heterocycles. The molecule has 41 heavy (non-hydrogen) atoms. The van der Waals surface area contributed by atoms with Crippen LogP contribution in [0.2, 0.25) is 0 Å². The maximum atomic E-state index is 5.42. The number of aryl methyl sites for hydroxylation is 1. The van der Waals surface area contributed by atoms with Crippen LogP contribution in [0.5, 0.6) is 0 Å². The summed E-state index contributed by atoms with van der Waals surface area (Å²) in [5.74, 6) is 1.01. The Labute approximate surface area is 247 Å². The van der Waals surface area contributed by atoms with Crippen molar-refractivity contribution in [3.05, 3.63) is 113 Å². The summed E-state index contributed by atoms with van der Waals surface area (Å²) in [4.78, 5) is 11.8. The van der Waals surface area contributed by atoms with Gasteiger partial charge < -0.3 is 10.3 Å². The van der Waals surface area contributed by atoms with Gasteiger partial charge in [-0.25, -0.2) is 4.98 Å². The number of benzene rings is 3. The molecule has 1 atom stereocenters. The van der Waals surface area contributed by atoms with Crippen molar-refractivity contribution in [3.63, 3.8) is 0 Å². The first-order valence-corrected chi connectivity index (χ1v) is 15.2. The number of hydrogen-bond donors (Lipinski definition) is 2. The van der Waals surface area contributed by atoms with E-state index in [1.54, 1.807) is 0 Å². The summed E-state index contributed by atoms with van der Waals surface area (Å²) in [7, 11) is 0. The molecule has 2 N–H and O–H groups in total. The van der Waals surface area contributed by atoms with Crippen molar-refractivity contribution in [2.75, 3.05) is 26.2 Å². The van der Waals surface area contributed by atoms with Gasteiger partial charge in [-0.2, -0.15) is 0 Å². The molecule has 0 bridgehead atoms. The van der Waals surface area contributed by atoms with E-state index in [9.17, 15) is 0 Å². The van der Waals surface area contributed by atoms with Crippen LogP contribution in [0.25, 0.3) is 11.4 Å². The summed E-state index contributed by atoms with van der Waals surface area (Å²) in [6.45, 7) is 22.4. The van der Waals surface area contributed by atoms with E-state index in [4.69, 9.17) is 4.98 Å². The molecule has 4 aromatic rings. The van der Waals surface area contributed by atoms with Crippen molar-refractivity contribution in [3.8, 4) is 11.4 Å². The third kappa shape index (κ3) is 5.91. The molecule has 0 radical (unpaired) electrons. The molecule has 2 heterocycles. The van der Waals surface area contributed by atoms with Crippen LogP contribution in [0.1, 0.15) is 88.0 Å². The fraction of sp³-hybridized carbons (Fsp3) is 0.432. The van der Waals surface area contributed by atoms with Crippen molar-refractivity contribution in [2.24, 2.45) is 0 Å². The van der Waals surface area contributed by atoms with Crippen molar-refractivity contribution >= 4 is 0 Å². The molecule has 0 amide bonds. The Morgan fingerprint density at radius 3 is 1.76 bits per heavy atom. The minimum absolute atomic E-state index is 0.0575. The maximum Gasteiger partial charge on any atom is 0.137 e. The average molecular weight is 549 g/mol. The van der Waals surface area contributed by atoms with Gasteiger partial charge in [0.05, 0.1) is 11.2 Å². The number of rotatable bonds is 6. The Morgan fingerprint density at radius 2 is 1.24 bits per heavy atom. The molecule has 1 aliphatic rings. The summed E-state index contributed by atoms with van der Waals surface area (Å²) in [6.07, 6.45) is 0. The Hall–Kier alpha value is -3.21. The lowest BCUT2D eigenvalue weighted by atomic mass is 9.70. The molecule has 1 fully saturated rings. The highest BCUT2D eigenvalue weighted by molar-refractivity contribution is 5.57. The second-order valence-electron chi connectivity index (χ2n) is 14.0. The zero-order valence-corrected chi connectivity index (χ0v) is 26.3. The summed E-state index contributed by atoms with van der Waals surface area (Å²) >= 11 is 0. The summed E-state index contributed by atoms with van der Waals surface area (Å²) < 4.78 is 0. The third-order valence-corrected chi connectivity index (χ3v) is 8.92. The Bertz CT molecular complexity index is 1410. The highest BCUT2D eigenvalue weighted by Crippen LogP contribution is 2.48. The van der Waals surface area contributed by atoms with Crippen LogP contribution in [0.15, 0.2) is 78.9 Å². The molecule has 0 spiro atoms. The van der Waals surface area contributed by atoms with Gasteiger partial charge in [-0.1, -0.05) is 120 Å². The Balaban J connectivity index is 1.79. The predicted octanol–water partition coefficient (Wildman–Crippen LogP) is 7.93. The average Bonchev–Trinajstić information content (AvgIpc) is 3.35. The van der Waals surface area contributed by atoms with Crippen molar-refractivity contribution in [1.82, 2.24) is 20.2 Å². The molecule has 1 saturated heterocycles. The van der Waals surface area contributed by atoms with Crippen LogP contribution in [0.4, 0.5) is 0 Å². The lowest BCUT2D eigenvalue weighted by molar-refractivity contribution is 0.0672. The largest absolute Gasteiger partial charge is 0.342 e. The zero-order valence-electron chi connectivity index (χ0n) is 26.3. The van der Waals surface area contributed by atoms with Crippen molar-refractivity contribution in [1.29, 1.82) is 0 Å². The van der Waals surface area contributed by atoms with Crippen molar-refractivity contribution < 1.29 is 0 Å². The van der Waals surface area contributed by atoms with E-state index in [1.807, 2.05) is 0 Å². The first-order chi connectivity index (χ1) is 19.4. The van der Waals surface area contributed by atoms with Gasteiger partial charge in [0, 0.05) is 43.4 Å². The zero-order chi connectivity index (χ0) is 29.4. The van der Waals surface area contributed by atoms with Gasteiger partial charge in [-0.05, 0) is 46.9 Å². The molecule has 4 heteroatoms. The van der Waals surface area contributed by atoms with Crippen LogP contribution in [-0.4, -0.2) is 41.0 Å². The molecule has 3 aromatic carbocycles. The molecule has 1 aromatic heterocycles. The van der Waals surface area contributed by atoms with E-state index >= 15 is 0 Å². The van der Waals surface area contributed by atoms with E-state index in [2.05, 4.69) is 149 Å². The molecule has 4 nitrogen and oxygen atoms in total. The van der Waals surface area contributed by atoms with Gasteiger partial charge in [0.1, 0.15) is 5.82 Å². The van der Waals surface area contributed by atoms with Gasteiger partial charge in [-0.15, -0.1) is 0 Å². The molecular formula is C37H48N4. The minimum Gasteiger partial charge on any atom is -0.342 e. The van der Waals surface area contributed by atoms with Gasteiger partial charge in [-0.3, -0.25) is 4.90 Å². The highest BCUT2D eigenvalue weighted by Gasteiger charge is 2.46. The van der Waals surface area contributed by atoms with E-state index < -0.39 is 0 Å². The molecule has 216 valence electrons. The fourth-order valence-corrected chi connectivity index (χ4v) is 6.50. The van der Waals surface area contributed by atoms with Crippen molar-refractivity contribution in [2.45, 2.75) is 77.7 Å². The van der Waals surface area contributed by atoms with Crippen LogP contribution in [0.3, 0.4) is 0 Å². The SMILES string of the molecule is Cc1[nH]c(-c2ccccc2)nc1C(C)(C(c1cccc(C(C)(C)C)c1)c1cccc(C(C)(C)C)c1)N1CCNCC1. The second-order valence-corrected chi connectivity index (χ2v) is 14.0. The van der Waals surface area contributed by atoms with Crippen LogP contribution in [0, 0.1) is 6.92 Å². The molecule has 1 unspecified atom stereocenters. The Morgan fingerprint density at radius 1 is 0.707 bits per heavy atom. The number of H-pyrrole nitrogens is 1. The number of aromatic nitrogens is 2. The predicted molar refractivity (Wildman–Crippen MR) is 173 cm³/mol. The smallest absolute Gasteiger partial charge is 0.137 e. The number of piperazine rings is 1. The van der Waals surface area contributed by atoms with Gasteiger partial charge in [0.2, 0.25) is 0 Å². The van der Waals surface area contributed by atoms with Crippen LogP contribution in [-0.2, 0) is 16.4 Å². The van der Waals surface area contributed by atoms with Gasteiger partial charge in [0.15, 0.2) is 0 Å². The lowest BCUT2D eigenvalue weighted by Gasteiger charge is -2.48. The quantitative estimate of drug-likeness (QED) is 0.257. The van der Waals surface area contributed by atoms with Gasteiger partial charge in [0.25, 0.3) is 0 Å². The van der Waals surface area contributed by atoms with E-state index in [0.29, 0.717) is 0 Å². The summed E-state index contributed by atoms with van der Waals surface area (Å²) in [5.41, 5.74) is 8.51. The minimum atomic E-state index is -0.386. The molecule has 0 saturated carbocycles. The lowest BCUT2D eigenvalue weighted by Crippen LogP contribution is -2.56. The fourth-order valence-electron chi connectivity index (χ4n) is 6.50. The summed E-state index contributed by atoms with van der Waals surface area (Å²) in [5, 5.41) is 3.59. The molecular weight excluding hydrogens is 500 g/mol. The van der Waals surface area contributed by atoms with E-state index in [0.717, 1.165) is 49.0 Å². The number of aromatic amines is 1. The van der Waals surface area contributed by atoms with Crippen LogP contribution < -0.4 is 5.32 Å². The maximum absolute atomic E-state index is 5.42. The highest BCUT2D eigenvalue weighted by atomic mass is 15.3. The Kier molecular flexibility index (Phi) is 8.02. The molecule has 5 rings (SSSR count). The van der Waals surface area contributed by atoms with E-state index in [-0.39, 0.29) is 22.3 Å². The molecule has 0 aliphatic carbocycles. The van der Waals surface area contributed by atoms with Crippen LogP contribution >= 0.6 is 0 Å². The normalized spacial score (nSPS) is 16.6. The first-order valence-electron chi connectivity index (χ1n) is 15.2. The summed E-state index contributed by atoms with van der Waals surface area (Å²) in [6, 6.07) is 29.2. The number of nitrogens with one attached hydrogen (secondary N) is 2. The number of hydrogen-bond acceptors (Lipinski definition) is 3. The van der Waals surface area contributed by atoms with E-state index in [1.165, 1.54) is 22.3 Å². The number of imidazole rings is 1. The standard InChI is InChI=1S/C37H48N4/c1-26-33(40-34(39-26)27-14-10-9-11-15-27)37(8,41-22-20-38-21-23-41)32(28-16-12-18-30(24-28)35(2,3)4)29-17-13-19-31(25-29)36(5,6)7/h9-19,24-25,32,38H,20-23H2,1-8H3,(H,39,40). The second kappa shape index (κ2) is 11.2. The topological polar surface area (TPSA) is 44.0 Å².